The molecule has 0 aromatic rings. The van der Waals surface area contributed by atoms with Crippen LogP contribution in [0.2, 0.25) is 0 Å². The van der Waals surface area contributed by atoms with Crippen molar-refractivity contribution in [3.63, 3.8) is 0 Å². The predicted molar refractivity (Wildman–Crippen MR) is 155 cm³/mol. The maximum absolute atomic E-state index is 13.0. The van der Waals surface area contributed by atoms with E-state index in [1.807, 2.05) is 0 Å². The number of carbonyl (C=O) groups excluding carboxylic acids is 3. The molecule has 0 spiro atoms. The lowest BCUT2D eigenvalue weighted by molar-refractivity contribution is -0.152. The fraction of sp³-hybridized carbons (Fsp3) is 0.906. The van der Waals surface area contributed by atoms with E-state index in [1.54, 1.807) is 0 Å². The van der Waals surface area contributed by atoms with Crippen molar-refractivity contribution in [3.05, 3.63) is 0 Å². The Balaban J connectivity index is 4.91. The molecule has 224 valence electrons. The second-order valence-electron chi connectivity index (χ2n) is 11.0. The zero-order chi connectivity index (χ0) is 28.6. The van der Waals surface area contributed by atoms with Gasteiger partial charge in [0.05, 0.1) is 25.7 Å². The fourth-order valence-electron chi connectivity index (χ4n) is 4.54. The number of carbonyl (C=O) groups is 3. The highest BCUT2D eigenvalue weighted by molar-refractivity contribution is 5.76. The lowest BCUT2D eigenvalue weighted by Crippen LogP contribution is -2.24. The highest BCUT2D eigenvalue weighted by Gasteiger charge is 2.24. The van der Waals surface area contributed by atoms with E-state index in [2.05, 4.69) is 41.5 Å². The molecule has 0 aromatic heterocycles. The zero-order valence-corrected chi connectivity index (χ0v) is 25.7. The SMILES string of the molecule is CCCC[C@@H](CC)COC(=O)CCC(CCC(=O)OC[C@H](CC)CCCC)C(=O)OC[C@@H](CC)CCCC. The summed E-state index contributed by atoms with van der Waals surface area (Å²) in [6, 6.07) is 0. The second kappa shape index (κ2) is 24.5. The van der Waals surface area contributed by atoms with Crippen molar-refractivity contribution in [3.8, 4) is 0 Å². The van der Waals surface area contributed by atoms with Crippen LogP contribution >= 0.6 is 0 Å². The van der Waals surface area contributed by atoms with E-state index >= 15 is 0 Å². The lowest BCUT2D eigenvalue weighted by Gasteiger charge is -2.20. The Bertz CT molecular complexity index is 569. The first-order chi connectivity index (χ1) is 18.3. The molecule has 6 heteroatoms. The van der Waals surface area contributed by atoms with E-state index < -0.39 is 5.92 Å². The molecule has 0 aliphatic rings. The molecule has 0 saturated heterocycles. The number of hydrogen-bond acceptors (Lipinski definition) is 6. The van der Waals surface area contributed by atoms with E-state index in [-0.39, 0.29) is 30.7 Å². The van der Waals surface area contributed by atoms with Crippen molar-refractivity contribution in [1.82, 2.24) is 0 Å². The van der Waals surface area contributed by atoms with Crippen molar-refractivity contribution in [2.24, 2.45) is 23.7 Å². The lowest BCUT2D eigenvalue weighted by atomic mass is 9.97. The van der Waals surface area contributed by atoms with Crippen LogP contribution in [0.4, 0.5) is 0 Å². The predicted octanol–water partition coefficient (Wildman–Crippen LogP) is 8.44. The van der Waals surface area contributed by atoms with Crippen molar-refractivity contribution < 1.29 is 28.6 Å². The summed E-state index contributed by atoms with van der Waals surface area (Å²) in [4.78, 5) is 37.9. The molecule has 0 unspecified atom stereocenters. The third-order valence-electron chi connectivity index (χ3n) is 7.78. The molecule has 0 aromatic carbocycles. The Morgan fingerprint density at radius 1 is 0.500 bits per heavy atom. The summed E-state index contributed by atoms with van der Waals surface area (Å²) in [5, 5.41) is 0. The molecule has 0 radical (unpaired) electrons. The van der Waals surface area contributed by atoms with Gasteiger partial charge in [-0.2, -0.15) is 0 Å². The monoisotopic (exact) mass is 540 g/mol. The van der Waals surface area contributed by atoms with Crippen molar-refractivity contribution in [2.45, 2.75) is 144 Å². The van der Waals surface area contributed by atoms with E-state index in [0.29, 0.717) is 50.4 Å². The number of rotatable bonds is 25. The smallest absolute Gasteiger partial charge is 0.308 e. The van der Waals surface area contributed by atoms with Gasteiger partial charge >= 0.3 is 17.9 Å². The number of ether oxygens (including phenoxy) is 3. The van der Waals surface area contributed by atoms with Gasteiger partial charge in [0.1, 0.15) is 0 Å². The van der Waals surface area contributed by atoms with Crippen LogP contribution in [0.25, 0.3) is 0 Å². The minimum absolute atomic E-state index is 0.154. The normalized spacial score (nSPS) is 13.7. The molecule has 0 N–H and O–H groups in total. The molecule has 0 aliphatic carbocycles. The average Bonchev–Trinajstić information content (AvgIpc) is 2.93. The number of hydrogen-bond donors (Lipinski definition) is 0. The standard InChI is InChI=1S/C32H60O6/c1-7-13-16-26(10-4)23-36-30(33)21-19-29(32(35)38-25-28(12-6)18-15-9-3)20-22-31(34)37-24-27(11-5)17-14-8-2/h26-29H,7-25H2,1-6H3/t26-,27-,28+/m1/s1. The molecule has 0 amide bonds. The van der Waals surface area contributed by atoms with Gasteiger partial charge in [0.2, 0.25) is 0 Å². The van der Waals surface area contributed by atoms with Gasteiger partial charge in [0.25, 0.3) is 0 Å². The van der Waals surface area contributed by atoms with Crippen LogP contribution in [-0.4, -0.2) is 37.7 Å². The Morgan fingerprint density at radius 2 is 0.842 bits per heavy atom. The molecule has 0 rings (SSSR count). The summed E-state index contributed by atoms with van der Waals surface area (Å²) in [5.74, 6) is -0.279. The minimum atomic E-state index is -0.511. The van der Waals surface area contributed by atoms with Crippen LogP contribution in [0.1, 0.15) is 144 Å². The Morgan fingerprint density at radius 3 is 1.16 bits per heavy atom. The second-order valence-corrected chi connectivity index (χ2v) is 11.0. The zero-order valence-electron chi connectivity index (χ0n) is 25.7. The quantitative estimate of drug-likeness (QED) is 0.0854. The maximum atomic E-state index is 13.0. The van der Waals surface area contributed by atoms with E-state index in [0.717, 1.165) is 77.0 Å². The highest BCUT2D eigenvalue weighted by Crippen LogP contribution is 2.21. The van der Waals surface area contributed by atoms with Gasteiger partial charge in [-0.05, 0) is 49.9 Å². The number of unbranched alkanes of at least 4 members (excludes halogenated alkanes) is 3. The summed E-state index contributed by atoms with van der Waals surface area (Å²) in [6.45, 7) is 14.1. The summed E-state index contributed by atoms with van der Waals surface area (Å²) in [7, 11) is 0. The largest absolute Gasteiger partial charge is 0.465 e. The van der Waals surface area contributed by atoms with Gasteiger partial charge in [-0.1, -0.05) is 99.3 Å². The van der Waals surface area contributed by atoms with Crippen LogP contribution in [0.5, 0.6) is 0 Å². The molecule has 0 saturated carbocycles. The fourth-order valence-corrected chi connectivity index (χ4v) is 4.54. The van der Waals surface area contributed by atoms with Crippen molar-refractivity contribution >= 4 is 17.9 Å². The maximum Gasteiger partial charge on any atom is 0.308 e. The van der Waals surface area contributed by atoms with E-state index in [4.69, 9.17) is 14.2 Å². The van der Waals surface area contributed by atoms with Gasteiger partial charge in [-0.15, -0.1) is 0 Å². The molecule has 0 aliphatic heterocycles. The van der Waals surface area contributed by atoms with Crippen LogP contribution < -0.4 is 0 Å². The van der Waals surface area contributed by atoms with Crippen LogP contribution in [0.15, 0.2) is 0 Å². The van der Waals surface area contributed by atoms with Crippen molar-refractivity contribution in [2.75, 3.05) is 19.8 Å². The third-order valence-corrected chi connectivity index (χ3v) is 7.78. The Hall–Kier alpha value is -1.59. The van der Waals surface area contributed by atoms with Gasteiger partial charge in [-0.25, -0.2) is 0 Å². The molecule has 3 atom stereocenters. The highest BCUT2D eigenvalue weighted by atomic mass is 16.5. The minimum Gasteiger partial charge on any atom is -0.465 e. The molecular weight excluding hydrogens is 480 g/mol. The molecular formula is C32H60O6. The topological polar surface area (TPSA) is 78.9 Å². The van der Waals surface area contributed by atoms with Crippen LogP contribution in [0.3, 0.4) is 0 Å². The Labute approximate surface area is 234 Å². The summed E-state index contributed by atoms with van der Waals surface area (Å²) < 4.78 is 16.8. The summed E-state index contributed by atoms with van der Waals surface area (Å²) in [6.07, 6.45) is 13.8. The average molecular weight is 541 g/mol. The Kier molecular flexibility index (Phi) is 23.4. The first kappa shape index (κ1) is 36.4. The molecule has 0 bridgehead atoms. The third kappa shape index (κ3) is 18.6. The van der Waals surface area contributed by atoms with Crippen LogP contribution in [-0.2, 0) is 28.6 Å². The molecule has 0 heterocycles. The van der Waals surface area contributed by atoms with Gasteiger partial charge in [-0.3, -0.25) is 14.4 Å². The van der Waals surface area contributed by atoms with Crippen LogP contribution in [0, 0.1) is 23.7 Å². The number of esters is 3. The van der Waals surface area contributed by atoms with Crippen molar-refractivity contribution in [1.29, 1.82) is 0 Å². The van der Waals surface area contributed by atoms with E-state index in [1.165, 1.54) is 0 Å². The summed E-state index contributed by atoms with van der Waals surface area (Å²) >= 11 is 0. The molecule has 6 nitrogen and oxygen atoms in total. The first-order valence-electron chi connectivity index (χ1n) is 15.8. The molecule has 38 heavy (non-hydrogen) atoms. The van der Waals surface area contributed by atoms with Gasteiger partial charge in [0.15, 0.2) is 0 Å². The first-order valence-corrected chi connectivity index (χ1v) is 15.8. The molecule has 0 fully saturated rings. The van der Waals surface area contributed by atoms with Gasteiger partial charge < -0.3 is 14.2 Å². The van der Waals surface area contributed by atoms with Gasteiger partial charge in [0, 0.05) is 12.8 Å². The van der Waals surface area contributed by atoms with E-state index in [9.17, 15) is 14.4 Å². The summed E-state index contributed by atoms with van der Waals surface area (Å²) in [5.41, 5.74) is 0.